The molecule has 0 aliphatic carbocycles. The van der Waals surface area contributed by atoms with Gasteiger partial charge in [-0.15, -0.1) is 0 Å². The fraction of sp³-hybridized carbons (Fsp3) is 0.167. The number of aryl methyl sites for hydroxylation is 1. The lowest BCUT2D eigenvalue weighted by Crippen LogP contribution is -2.14. The molecule has 0 fully saturated rings. The Morgan fingerprint density at radius 2 is 2.00 bits per heavy atom. The average molecular weight is 377 g/mol. The lowest BCUT2D eigenvalue weighted by molar-refractivity contribution is -0.148. The zero-order valence-electron chi connectivity index (χ0n) is 13.7. The van der Waals surface area contributed by atoms with Crippen LogP contribution in [0.15, 0.2) is 47.0 Å². The second-order valence-electron chi connectivity index (χ2n) is 5.38. The third-order valence-corrected chi connectivity index (χ3v) is 3.84. The lowest BCUT2D eigenvalue weighted by Gasteiger charge is -2.07. The van der Waals surface area contributed by atoms with Crippen molar-refractivity contribution >= 4 is 17.6 Å². The molecule has 0 amide bonds. The molecule has 0 saturated carbocycles. The Kier molecular flexibility index (Phi) is 5.48. The molecule has 1 heterocycles. The second kappa shape index (κ2) is 7.97. The normalized spacial score (nSPS) is 10.6. The van der Waals surface area contributed by atoms with Crippen LogP contribution in [0.2, 0.25) is 5.02 Å². The molecule has 0 saturated heterocycles. The first-order valence-electron chi connectivity index (χ1n) is 7.64. The van der Waals surface area contributed by atoms with Crippen LogP contribution >= 0.6 is 11.6 Å². The number of halogens is 2. The van der Waals surface area contributed by atoms with Gasteiger partial charge in [0.2, 0.25) is 5.82 Å². The summed E-state index contributed by atoms with van der Waals surface area (Å²) in [5.41, 5.74) is 1.44. The number of carbonyl (C=O) groups is 1. The van der Waals surface area contributed by atoms with E-state index in [2.05, 4.69) is 10.1 Å². The number of hydrogen-bond acceptors (Lipinski definition) is 6. The van der Waals surface area contributed by atoms with Crippen molar-refractivity contribution in [3.63, 3.8) is 0 Å². The molecule has 0 spiro atoms. The van der Waals surface area contributed by atoms with Gasteiger partial charge in [-0.3, -0.25) is 0 Å². The number of esters is 1. The minimum Gasteiger partial charge on any atom is -0.482 e. The van der Waals surface area contributed by atoms with Crippen molar-refractivity contribution in [2.75, 3.05) is 6.61 Å². The van der Waals surface area contributed by atoms with Crippen molar-refractivity contribution in [2.24, 2.45) is 0 Å². The van der Waals surface area contributed by atoms with Crippen LogP contribution in [-0.4, -0.2) is 22.7 Å². The maximum absolute atomic E-state index is 12.9. The van der Waals surface area contributed by atoms with Crippen LogP contribution in [0.3, 0.4) is 0 Å². The molecule has 2 aromatic carbocycles. The highest BCUT2D eigenvalue weighted by Crippen LogP contribution is 2.21. The molecule has 26 heavy (non-hydrogen) atoms. The average Bonchev–Trinajstić information content (AvgIpc) is 3.10. The molecule has 8 heteroatoms. The molecule has 3 rings (SSSR count). The number of benzene rings is 2. The standard InChI is InChI=1S/C18H14ClFN2O4/c1-11-8-14(6-7-15(11)19)24-10-17(23)25-9-16-21-18(22-26-16)12-2-4-13(20)5-3-12/h2-8H,9-10H2,1H3. The maximum atomic E-state index is 12.9. The van der Waals surface area contributed by atoms with Gasteiger partial charge < -0.3 is 14.0 Å². The van der Waals surface area contributed by atoms with E-state index in [1.807, 2.05) is 6.92 Å². The number of ether oxygens (including phenoxy) is 2. The third kappa shape index (κ3) is 4.58. The van der Waals surface area contributed by atoms with Crippen LogP contribution < -0.4 is 4.74 Å². The van der Waals surface area contributed by atoms with Gasteiger partial charge in [-0.2, -0.15) is 4.98 Å². The number of nitrogens with zero attached hydrogens (tertiary/aromatic N) is 2. The molecule has 3 aromatic rings. The summed E-state index contributed by atoms with van der Waals surface area (Å²) in [4.78, 5) is 15.8. The number of rotatable bonds is 6. The fourth-order valence-corrected chi connectivity index (χ4v) is 2.18. The molecule has 6 nitrogen and oxygen atoms in total. The van der Waals surface area contributed by atoms with Gasteiger partial charge in [-0.05, 0) is 55.0 Å². The molecule has 0 N–H and O–H groups in total. The number of hydrogen-bond donors (Lipinski definition) is 0. The minimum absolute atomic E-state index is 0.125. The van der Waals surface area contributed by atoms with E-state index in [9.17, 15) is 9.18 Å². The van der Waals surface area contributed by atoms with Crippen LogP contribution in [0.5, 0.6) is 5.75 Å². The van der Waals surface area contributed by atoms with Crippen LogP contribution in [-0.2, 0) is 16.1 Å². The minimum atomic E-state index is -0.584. The smallest absolute Gasteiger partial charge is 0.344 e. The van der Waals surface area contributed by atoms with Gasteiger partial charge in [0.1, 0.15) is 11.6 Å². The van der Waals surface area contributed by atoms with Gasteiger partial charge in [0.25, 0.3) is 5.89 Å². The van der Waals surface area contributed by atoms with E-state index in [1.165, 1.54) is 24.3 Å². The molecule has 0 unspecified atom stereocenters. The van der Waals surface area contributed by atoms with E-state index in [4.69, 9.17) is 25.6 Å². The predicted molar refractivity (Wildman–Crippen MR) is 91.2 cm³/mol. The Bertz CT molecular complexity index is 912. The monoisotopic (exact) mass is 376 g/mol. The zero-order valence-corrected chi connectivity index (χ0v) is 14.5. The van der Waals surface area contributed by atoms with Crippen molar-refractivity contribution < 1.29 is 23.2 Å². The highest BCUT2D eigenvalue weighted by molar-refractivity contribution is 6.31. The molecule has 0 bridgehead atoms. The molecule has 134 valence electrons. The Balaban J connectivity index is 1.50. The van der Waals surface area contributed by atoms with Crippen molar-refractivity contribution in [3.8, 4) is 17.1 Å². The van der Waals surface area contributed by atoms with E-state index in [0.29, 0.717) is 16.3 Å². The van der Waals surface area contributed by atoms with E-state index in [-0.39, 0.29) is 30.7 Å². The molecule has 1 aromatic heterocycles. The quantitative estimate of drug-likeness (QED) is 0.606. The highest BCUT2D eigenvalue weighted by Gasteiger charge is 2.12. The summed E-state index contributed by atoms with van der Waals surface area (Å²) in [5, 5.41) is 4.38. The van der Waals surface area contributed by atoms with Gasteiger partial charge >= 0.3 is 5.97 Å². The Labute approximate surface area is 153 Å². The summed E-state index contributed by atoms with van der Waals surface area (Å²) < 4.78 is 28.3. The Hall–Kier alpha value is -2.93. The van der Waals surface area contributed by atoms with Gasteiger partial charge in [-0.1, -0.05) is 16.8 Å². The summed E-state index contributed by atoms with van der Waals surface area (Å²) >= 11 is 5.93. The van der Waals surface area contributed by atoms with Crippen LogP contribution in [0, 0.1) is 12.7 Å². The van der Waals surface area contributed by atoms with E-state index >= 15 is 0 Å². The molecule has 0 radical (unpaired) electrons. The summed E-state index contributed by atoms with van der Waals surface area (Å²) in [5.74, 6) is -0.0226. The van der Waals surface area contributed by atoms with Gasteiger partial charge in [-0.25, -0.2) is 9.18 Å². The van der Waals surface area contributed by atoms with Crippen molar-refractivity contribution in [1.29, 1.82) is 0 Å². The largest absolute Gasteiger partial charge is 0.482 e. The number of carbonyl (C=O) groups excluding carboxylic acids is 1. The van der Waals surface area contributed by atoms with Crippen molar-refractivity contribution in [1.82, 2.24) is 10.1 Å². The SMILES string of the molecule is Cc1cc(OCC(=O)OCc2nc(-c3ccc(F)cc3)no2)ccc1Cl. The summed E-state index contributed by atoms with van der Waals surface area (Å²) in [6.07, 6.45) is 0. The van der Waals surface area contributed by atoms with Gasteiger partial charge in [0.05, 0.1) is 0 Å². The predicted octanol–water partition coefficient (Wildman–Crippen LogP) is 3.96. The van der Waals surface area contributed by atoms with E-state index < -0.39 is 5.97 Å². The first-order chi connectivity index (χ1) is 12.5. The Morgan fingerprint density at radius 1 is 1.23 bits per heavy atom. The van der Waals surface area contributed by atoms with Crippen LogP contribution in [0.1, 0.15) is 11.5 Å². The summed E-state index contributed by atoms with van der Waals surface area (Å²) in [6.45, 7) is 1.39. The summed E-state index contributed by atoms with van der Waals surface area (Å²) in [7, 11) is 0. The van der Waals surface area contributed by atoms with Crippen LogP contribution in [0.25, 0.3) is 11.4 Å². The molecular formula is C18H14ClFN2O4. The maximum Gasteiger partial charge on any atom is 0.344 e. The molecule has 0 aliphatic heterocycles. The summed E-state index contributed by atoms with van der Waals surface area (Å²) in [6, 6.07) is 10.7. The first kappa shape index (κ1) is 17.9. The van der Waals surface area contributed by atoms with Crippen LogP contribution in [0.4, 0.5) is 4.39 Å². The number of aromatic nitrogens is 2. The topological polar surface area (TPSA) is 74.5 Å². The highest BCUT2D eigenvalue weighted by atomic mass is 35.5. The van der Waals surface area contributed by atoms with E-state index in [1.54, 1.807) is 18.2 Å². The zero-order chi connectivity index (χ0) is 18.5. The molecule has 0 atom stereocenters. The first-order valence-corrected chi connectivity index (χ1v) is 8.02. The Morgan fingerprint density at radius 3 is 2.73 bits per heavy atom. The van der Waals surface area contributed by atoms with Crippen molar-refractivity contribution in [3.05, 3.63) is 64.8 Å². The lowest BCUT2D eigenvalue weighted by atomic mass is 10.2. The molecular weight excluding hydrogens is 363 g/mol. The van der Waals surface area contributed by atoms with Gasteiger partial charge in [0.15, 0.2) is 13.2 Å². The van der Waals surface area contributed by atoms with Gasteiger partial charge in [0, 0.05) is 10.6 Å². The second-order valence-corrected chi connectivity index (χ2v) is 5.79. The third-order valence-electron chi connectivity index (χ3n) is 3.41. The molecule has 0 aliphatic rings. The van der Waals surface area contributed by atoms with E-state index in [0.717, 1.165) is 5.56 Å². The van der Waals surface area contributed by atoms with Crippen molar-refractivity contribution in [2.45, 2.75) is 13.5 Å². The fourth-order valence-electron chi connectivity index (χ4n) is 2.06.